The van der Waals surface area contributed by atoms with Gasteiger partial charge < -0.3 is 5.32 Å². The molecule has 1 aromatic rings. The molecule has 0 spiro atoms. The summed E-state index contributed by atoms with van der Waals surface area (Å²) in [5, 5.41) is 3.59. The summed E-state index contributed by atoms with van der Waals surface area (Å²) in [6.07, 6.45) is 3.14. The first kappa shape index (κ1) is 16.2. The molecule has 0 heterocycles. The van der Waals surface area contributed by atoms with Gasteiger partial charge in [0.2, 0.25) is 0 Å². The molecule has 0 radical (unpaired) electrons. The Kier molecular flexibility index (Phi) is 7.07. The van der Waals surface area contributed by atoms with E-state index in [0.29, 0.717) is 17.9 Å². The lowest BCUT2D eigenvalue weighted by molar-refractivity contribution is 0.361. The van der Waals surface area contributed by atoms with Crippen molar-refractivity contribution in [1.82, 2.24) is 5.32 Å². The van der Waals surface area contributed by atoms with Crippen molar-refractivity contribution in [3.8, 4) is 0 Å². The monoisotopic (exact) mass is 265 g/mol. The van der Waals surface area contributed by atoms with E-state index in [9.17, 15) is 4.39 Å². The van der Waals surface area contributed by atoms with Crippen LogP contribution in [-0.2, 0) is 6.42 Å². The van der Waals surface area contributed by atoms with Gasteiger partial charge in [0, 0.05) is 6.04 Å². The fraction of sp³-hybridized carbons (Fsp3) is 0.647. The highest BCUT2D eigenvalue weighted by Gasteiger charge is 2.12. The van der Waals surface area contributed by atoms with Crippen molar-refractivity contribution < 1.29 is 4.39 Å². The third-order valence-corrected chi connectivity index (χ3v) is 3.30. The molecule has 0 atom stereocenters. The van der Waals surface area contributed by atoms with Crippen molar-refractivity contribution in [2.75, 3.05) is 6.54 Å². The lowest BCUT2D eigenvalue weighted by Crippen LogP contribution is -2.33. The highest BCUT2D eigenvalue weighted by Crippen LogP contribution is 2.13. The van der Waals surface area contributed by atoms with Gasteiger partial charge in [0.05, 0.1) is 0 Å². The molecule has 0 aromatic heterocycles. The van der Waals surface area contributed by atoms with Gasteiger partial charge in [0.25, 0.3) is 0 Å². The van der Waals surface area contributed by atoms with Gasteiger partial charge in [-0.05, 0) is 49.3 Å². The fourth-order valence-electron chi connectivity index (χ4n) is 2.51. The van der Waals surface area contributed by atoms with E-state index in [1.54, 1.807) is 6.07 Å². The van der Waals surface area contributed by atoms with Crippen molar-refractivity contribution in [3.63, 3.8) is 0 Å². The van der Waals surface area contributed by atoms with E-state index in [4.69, 9.17) is 0 Å². The molecule has 0 fully saturated rings. The Labute approximate surface area is 117 Å². The van der Waals surface area contributed by atoms with Gasteiger partial charge in [-0.2, -0.15) is 0 Å². The summed E-state index contributed by atoms with van der Waals surface area (Å²) >= 11 is 0. The van der Waals surface area contributed by atoms with Crippen LogP contribution < -0.4 is 5.32 Å². The number of benzene rings is 1. The summed E-state index contributed by atoms with van der Waals surface area (Å²) in [7, 11) is 0. The van der Waals surface area contributed by atoms with Crippen LogP contribution in [0, 0.1) is 17.7 Å². The highest BCUT2D eigenvalue weighted by molar-refractivity contribution is 5.17. The molecular weight excluding hydrogens is 237 g/mol. The Morgan fingerprint density at radius 2 is 1.58 bits per heavy atom. The van der Waals surface area contributed by atoms with E-state index >= 15 is 0 Å². The van der Waals surface area contributed by atoms with Gasteiger partial charge in [0.1, 0.15) is 5.82 Å². The Balaban J connectivity index is 2.41. The Bertz CT molecular complexity index is 350. The maximum Gasteiger partial charge on any atom is 0.126 e. The summed E-state index contributed by atoms with van der Waals surface area (Å²) < 4.78 is 13.5. The van der Waals surface area contributed by atoms with Gasteiger partial charge in [-0.3, -0.25) is 0 Å². The topological polar surface area (TPSA) is 12.0 Å². The Morgan fingerprint density at radius 1 is 1.00 bits per heavy atom. The molecule has 0 saturated carbocycles. The summed E-state index contributed by atoms with van der Waals surface area (Å²) in [6, 6.07) is 7.60. The average Bonchev–Trinajstić information content (AvgIpc) is 2.30. The van der Waals surface area contributed by atoms with Crippen molar-refractivity contribution >= 4 is 0 Å². The lowest BCUT2D eigenvalue weighted by Gasteiger charge is -2.22. The van der Waals surface area contributed by atoms with Crippen LogP contribution in [0.4, 0.5) is 4.39 Å². The Hall–Kier alpha value is -0.890. The molecule has 1 N–H and O–H groups in total. The zero-order valence-electron chi connectivity index (χ0n) is 12.7. The quantitative estimate of drug-likeness (QED) is 0.733. The SMILES string of the molecule is CC(C)CC(CC(C)C)NCCc1ccccc1F. The lowest BCUT2D eigenvalue weighted by atomic mass is 9.95. The largest absolute Gasteiger partial charge is 0.314 e. The minimum atomic E-state index is -0.0893. The smallest absolute Gasteiger partial charge is 0.126 e. The molecule has 0 aliphatic rings. The van der Waals surface area contributed by atoms with E-state index in [-0.39, 0.29) is 5.82 Å². The number of hydrogen-bond acceptors (Lipinski definition) is 1. The van der Waals surface area contributed by atoms with E-state index in [1.165, 1.54) is 18.9 Å². The van der Waals surface area contributed by atoms with Gasteiger partial charge in [-0.25, -0.2) is 4.39 Å². The molecule has 19 heavy (non-hydrogen) atoms. The van der Waals surface area contributed by atoms with Gasteiger partial charge >= 0.3 is 0 Å². The van der Waals surface area contributed by atoms with E-state index in [2.05, 4.69) is 33.0 Å². The van der Waals surface area contributed by atoms with Crippen LogP contribution in [0.1, 0.15) is 46.1 Å². The van der Waals surface area contributed by atoms with E-state index in [0.717, 1.165) is 18.5 Å². The van der Waals surface area contributed by atoms with Crippen molar-refractivity contribution in [1.29, 1.82) is 0 Å². The van der Waals surface area contributed by atoms with Crippen molar-refractivity contribution in [2.24, 2.45) is 11.8 Å². The second-order valence-electron chi connectivity index (χ2n) is 6.25. The standard InChI is InChI=1S/C17H28FN/c1-13(2)11-16(12-14(3)4)19-10-9-15-7-5-6-8-17(15)18/h5-8,13-14,16,19H,9-12H2,1-4H3. The number of rotatable bonds is 8. The molecule has 0 bridgehead atoms. The minimum Gasteiger partial charge on any atom is -0.314 e. The zero-order valence-corrected chi connectivity index (χ0v) is 12.7. The van der Waals surface area contributed by atoms with Crippen molar-refractivity contribution in [3.05, 3.63) is 35.6 Å². The average molecular weight is 265 g/mol. The predicted molar refractivity (Wildman–Crippen MR) is 80.8 cm³/mol. The van der Waals surface area contributed by atoms with E-state index in [1.807, 2.05) is 12.1 Å². The highest BCUT2D eigenvalue weighted by atomic mass is 19.1. The fourth-order valence-corrected chi connectivity index (χ4v) is 2.51. The molecule has 0 saturated heterocycles. The summed E-state index contributed by atoms with van der Waals surface area (Å²) in [5.41, 5.74) is 0.808. The molecular formula is C17H28FN. The molecule has 0 aliphatic carbocycles. The minimum absolute atomic E-state index is 0.0893. The Morgan fingerprint density at radius 3 is 2.11 bits per heavy atom. The van der Waals surface area contributed by atoms with Gasteiger partial charge in [0.15, 0.2) is 0 Å². The molecule has 1 rings (SSSR count). The van der Waals surface area contributed by atoms with Crippen LogP contribution in [-0.4, -0.2) is 12.6 Å². The first-order valence-corrected chi connectivity index (χ1v) is 7.45. The molecule has 1 aromatic carbocycles. The van der Waals surface area contributed by atoms with Crippen LogP contribution in [0.5, 0.6) is 0 Å². The predicted octanol–water partition coefficient (Wildman–Crippen LogP) is 4.42. The third-order valence-electron chi connectivity index (χ3n) is 3.30. The second-order valence-corrected chi connectivity index (χ2v) is 6.25. The summed E-state index contributed by atoms with van der Waals surface area (Å²) in [4.78, 5) is 0. The molecule has 0 aliphatic heterocycles. The molecule has 1 nitrogen and oxygen atoms in total. The molecule has 0 unspecified atom stereocenters. The zero-order chi connectivity index (χ0) is 14.3. The first-order valence-electron chi connectivity index (χ1n) is 7.45. The van der Waals surface area contributed by atoms with Crippen LogP contribution in [0.3, 0.4) is 0 Å². The second kappa shape index (κ2) is 8.31. The van der Waals surface area contributed by atoms with Gasteiger partial charge in [-0.15, -0.1) is 0 Å². The summed E-state index contributed by atoms with van der Waals surface area (Å²) in [5.74, 6) is 1.31. The number of nitrogens with one attached hydrogen (secondary N) is 1. The number of hydrogen-bond donors (Lipinski definition) is 1. The van der Waals surface area contributed by atoms with E-state index < -0.39 is 0 Å². The third kappa shape index (κ3) is 6.72. The van der Waals surface area contributed by atoms with Crippen LogP contribution in [0.25, 0.3) is 0 Å². The molecule has 2 heteroatoms. The first-order chi connectivity index (χ1) is 8.99. The molecule has 0 amide bonds. The maximum atomic E-state index is 13.5. The van der Waals surface area contributed by atoms with Crippen molar-refractivity contribution in [2.45, 2.75) is 53.0 Å². The van der Waals surface area contributed by atoms with Gasteiger partial charge in [-0.1, -0.05) is 45.9 Å². The van der Waals surface area contributed by atoms with Crippen LogP contribution in [0.2, 0.25) is 0 Å². The summed E-state index contributed by atoms with van der Waals surface area (Å²) in [6.45, 7) is 9.88. The number of halogens is 1. The maximum absolute atomic E-state index is 13.5. The molecule has 108 valence electrons. The van der Waals surface area contributed by atoms with Crippen LogP contribution >= 0.6 is 0 Å². The normalized spacial score (nSPS) is 11.8. The van der Waals surface area contributed by atoms with Crippen LogP contribution in [0.15, 0.2) is 24.3 Å².